The molecule has 5 heteroatoms. The quantitative estimate of drug-likeness (QED) is 0.790. The van der Waals surface area contributed by atoms with Crippen molar-refractivity contribution in [3.05, 3.63) is 18.0 Å². The summed E-state index contributed by atoms with van der Waals surface area (Å²) in [5, 5.41) is 21.9. The summed E-state index contributed by atoms with van der Waals surface area (Å²) in [6.07, 6.45) is 7.44. The number of aryl methyl sites for hydroxylation is 1. The van der Waals surface area contributed by atoms with Crippen LogP contribution >= 0.6 is 0 Å². The van der Waals surface area contributed by atoms with E-state index in [9.17, 15) is 0 Å². The second kappa shape index (κ2) is 7.07. The maximum absolute atomic E-state index is 9.12. The summed E-state index contributed by atoms with van der Waals surface area (Å²) in [6, 6.07) is 4.45. The molecule has 0 aromatic carbocycles. The first-order valence-electron chi connectivity index (χ1n) is 7.17. The maximum Gasteiger partial charge on any atom is 0.0669 e. The van der Waals surface area contributed by atoms with Gasteiger partial charge in [0.05, 0.1) is 24.3 Å². The number of rotatable bonds is 6. The summed E-state index contributed by atoms with van der Waals surface area (Å²) in [5.41, 5.74) is 1.29. The highest BCUT2D eigenvalue weighted by Crippen LogP contribution is 2.22. The number of aromatic nitrogens is 2. The molecule has 2 rings (SSSR count). The molecule has 1 aliphatic heterocycles. The lowest BCUT2D eigenvalue weighted by atomic mass is 10.0. The fourth-order valence-corrected chi connectivity index (χ4v) is 2.90. The van der Waals surface area contributed by atoms with Crippen molar-refractivity contribution in [1.82, 2.24) is 14.7 Å². The molecular weight excluding hydrogens is 250 g/mol. The van der Waals surface area contributed by atoms with Crippen LogP contribution in [0.4, 0.5) is 0 Å². The predicted octanol–water partition coefficient (Wildman–Crippen LogP) is 1.73. The van der Waals surface area contributed by atoms with Crippen molar-refractivity contribution in [3.8, 4) is 12.1 Å². The summed E-state index contributed by atoms with van der Waals surface area (Å²) in [5.74, 6) is 0.654. The van der Waals surface area contributed by atoms with Gasteiger partial charge in [0, 0.05) is 32.8 Å². The number of likely N-dealkylation sites (tertiary alicyclic amines) is 1. The smallest absolute Gasteiger partial charge is 0.0669 e. The van der Waals surface area contributed by atoms with Crippen LogP contribution in [-0.4, -0.2) is 34.3 Å². The van der Waals surface area contributed by atoms with Gasteiger partial charge in [-0.05, 0) is 37.3 Å². The van der Waals surface area contributed by atoms with Crippen LogP contribution in [0.15, 0.2) is 12.4 Å². The van der Waals surface area contributed by atoms with Gasteiger partial charge in [-0.2, -0.15) is 15.6 Å². The minimum atomic E-state index is -0.00760. The minimum absolute atomic E-state index is 0.00760. The van der Waals surface area contributed by atoms with Gasteiger partial charge in [-0.25, -0.2) is 0 Å². The van der Waals surface area contributed by atoms with Gasteiger partial charge in [-0.3, -0.25) is 4.68 Å². The molecule has 1 fully saturated rings. The molecule has 2 unspecified atom stereocenters. The van der Waals surface area contributed by atoms with Crippen LogP contribution in [0.5, 0.6) is 0 Å². The van der Waals surface area contributed by atoms with Crippen molar-refractivity contribution in [2.24, 2.45) is 18.9 Å². The van der Waals surface area contributed by atoms with Crippen LogP contribution in [0, 0.1) is 34.5 Å². The number of nitrogens with zero attached hydrogens (tertiary/aromatic N) is 5. The molecule has 0 amide bonds. The van der Waals surface area contributed by atoms with Gasteiger partial charge >= 0.3 is 0 Å². The van der Waals surface area contributed by atoms with Gasteiger partial charge in [-0.1, -0.05) is 0 Å². The third kappa shape index (κ3) is 4.08. The molecule has 5 nitrogen and oxygen atoms in total. The van der Waals surface area contributed by atoms with Crippen molar-refractivity contribution >= 4 is 0 Å². The standard InChI is InChI=1S/C15H21N5/c1-19-10-15(9-18-19)7-13-4-6-20(11-13)12-14(8-17)3-2-5-16/h9-10,13-14H,2-4,6-7,11-12H2,1H3. The average molecular weight is 271 g/mol. The lowest BCUT2D eigenvalue weighted by Crippen LogP contribution is -2.27. The first kappa shape index (κ1) is 14.6. The zero-order valence-corrected chi connectivity index (χ0v) is 12.0. The molecule has 106 valence electrons. The third-order valence-electron chi connectivity index (χ3n) is 3.92. The van der Waals surface area contributed by atoms with Crippen molar-refractivity contribution < 1.29 is 0 Å². The van der Waals surface area contributed by atoms with Gasteiger partial charge in [-0.15, -0.1) is 0 Å². The van der Waals surface area contributed by atoms with Gasteiger partial charge in [0.2, 0.25) is 0 Å². The Morgan fingerprint density at radius 2 is 2.35 bits per heavy atom. The Kier molecular flexibility index (Phi) is 5.15. The first-order chi connectivity index (χ1) is 9.71. The van der Waals surface area contributed by atoms with E-state index in [4.69, 9.17) is 10.5 Å². The average Bonchev–Trinajstić information content (AvgIpc) is 3.04. The van der Waals surface area contributed by atoms with Crippen molar-refractivity contribution in [2.45, 2.75) is 25.7 Å². The van der Waals surface area contributed by atoms with E-state index in [1.54, 1.807) is 0 Å². The Balaban J connectivity index is 1.77. The van der Waals surface area contributed by atoms with Crippen LogP contribution in [0.2, 0.25) is 0 Å². The van der Waals surface area contributed by atoms with Crippen LogP contribution in [0.1, 0.15) is 24.8 Å². The molecule has 0 bridgehead atoms. The largest absolute Gasteiger partial charge is 0.302 e. The Labute approximate surface area is 120 Å². The van der Waals surface area contributed by atoms with Crippen LogP contribution in [0.3, 0.4) is 0 Å². The fourth-order valence-electron chi connectivity index (χ4n) is 2.90. The number of hydrogen-bond acceptors (Lipinski definition) is 4. The second-order valence-electron chi connectivity index (χ2n) is 5.66. The number of nitriles is 2. The summed E-state index contributed by atoms with van der Waals surface area (Å²) in [4.78, 5) is 2.37. The predicted molar refractivity (Wildman–Crippen MR) is 75.4 cm³/mol. The van der Waals surface area contributed by atoms with E-state index in [1.807, 2.05) is 17.9 Å². The first-order valence-corrected chi connectivity index (χ1v) is 7.17. The molecule has 0 radical (unpaired) electrons. The van der Waals surface area contributed by atoms with E-state index in [0.717, 1.165) is 26.1 Å². The van der Waals surface area contributed by atoms with E-state index in [1.165, 1.54) is 12.0 Å². The molecule has 0 spiro atoms. The minimum Gasteiger partial charge on any atom is -0.302 e. The van der Waals surface area contributed by atoms with Crippen molar-refractivity contribution in [2.75, 3.05) is 19.6 Å². The molecule has 0 saturated carbocycles. The van der Waals surface area contributed by atoms with Crippen molar-refractivity contribution in [3.63, 3.8) is 0 Å². The zero-order valence-electron chi connectivity index (χ0n) is 12.0. The molecule has 0 N–H and O–H groups in total. The Hall–Kier alpha value is -1.85. The molecule has 1 saturated heterocycles. The van der Waals surface area contributed by atoms with E-state index >= 15 is 0 Å². The van der Waals surface area contributed by atoms with Crippen molar-refractivity contribution in [1.29, 1.82) is 10.5 Å². The highest BCUT2D eigenvalue weighted by molar-refractivity contribution is 5.05. The van der Waals surface area contributed by atoms with Gasteiger partial charge in [0.15, 0.2) is 0 Å². The van der Waals surface area contributed by atoms with Crippen LogP contribution in [0.25, 0.3) is 0 Å². The lowest BCUT2D eigenvalue weighted by molar-refractivity contribution is 0.288. The van der Waals surface area contributed by atoms with Gasteiger partial charge < -0.3 is 4.90 Å². The normalized spacial score (nSPS) is 20.4. The molecule has 2 atom stereocenters. The second-order valence-corrected chi connectivity index (χ2v) is 5.66. The Morgan fingerprint density at radius 1 is 1.50 bits per heavy atom. The molecule has 1 aromatic rings. The molecule has 0 aliphatic carbocycles. The van der Waals surface area contributed by atoms with Gasteiger partial charge in [0.25, 0.3) is 0 Å². The third-order valence-corrected chi connectivity index (χ3v) is 3.92. The van der Waals surface area contributed by atoms with E-state index in [-0.39, 0.29) is 5.92 Å². The summed E-state index contributed by atoms with van der Waals surface area (Å²) in [6.45, 7) is 2.93. The van der Waals surface area contributed by atoms with Crippen LogP contribution < -0.4 is 0 Å². The number of hydrogen-bond donors (Lipinski definition) is 0. The zero-order chi connectivity index (χ0) is 14.4. The molecule has 1 aromatic heterocycles. The fraction of sp³-hybridized carbons (Fsp3) is 0.667. The lowest BCUT2D eigenvalue weighted by Gasteiger charge is -2.18. The van der Waals surface area contributed by atoms with Gasteiger partial charge in [0.1, 0.15) is 0 Å². The summed E-state index contributed by atoms with van der Waals surface area (Å²) < 4.78 is 1.84. The summed E-state index contributed by atoms with van der Waals surface area (Å²) >= 11 is 0. The highest BCUT2D eigenvalue weighted by atomic mass is 15.2. The molecule has 20 heavy (non-hydrogen) atoms. The maximum atomic E-state index is 9.12. The summed E-state index contributed by atoms with van der Waals surface area (Å²) in [7, 11) is 1.94. The molecule has 2 heterocycles. The Bertz CT molecular complexity index is 507. The molecule has 1 aliphatic rings. The van der Waals surface area contributed by atoms with E-state index in [0.29, 0.717) is 18.8 Å². The molecular formula is C15H21N5. The SMILES string of the molecule is Cn1cc(CC2CCN(CC(C#N)CCC#N)C2)cn1. The monoisotopic (exact) mass is 271 g/mol. The topological polar surface area (TPSA) is 68.6 Å². The van der Waals surface area contributed by atoms with E-state index in [2.05, 4.69) is 28.3 Å². The highest BCUT2D eigenvalue weighted by Gasteiger charge is 2.25. The van der Waals surface area contributed by atoms with E-state index < -0.39 is 0 Å². The van der Waals surface area contributed by atoms with Crippen LogP contribution in [-0.2, 0) is 13.5 Å². The Morgan fingerprint density at radius 3 is 3.00 bits per heavy atom.